The van der Waals surface area contributed by atoms with E-state index in [4.69, 9.17) is 0 Å². The van der Waals surface area contributed by atoms with E-state index in [-0.39, 0.29) is 19.3 Å². The number of carbonyl (C=O) groups excluding carboxylic acids is 4. The Labute approximate surface area is 92.9 Å². The molecule has 0 fully saturated rings. The summed E-state index contributed by atoms with van der Waals surface area (Å²) in [5.74, 6) is -2.97. The molecule has 0 aromatic rings. The van der Waals surface area contributed by atoms with Crippen LogP contribution in [0.1, 0.15) is 27.2 Å². The molecule has 0 heterocycles. The number of hydrogen-bond donors (Lipinski definition) is 0. The highest BCUT2D eigenvalue weighted by molar-refractivity contribution is 6.35. The van der Waals surface area contributed by atoms with Crippen LogP contribution in [0.15, 0.2) is 0 Å². The number of Topliss-reactive ketones (excluding diaryl/α,β-unsaturated/α-hetero) is 1. The Hall–Kier alpha value is -1.72. The standard InChI is InChI=1S/C10H14O6/c1-4-10(8(13)6-11,16-7(3)12)9(14)15-5-2/h6H,4-5H2,1-3H3. The van der Waals surface area contributed by atoms with Gasteiger partial charge in [0.25, 0.3) is 5.60 Å². The zero-order valence-corrected chi connectivity index (χ0v) is 9.44. The molecular formula is C10H14O6. The normalized spacial score (nSPS) is 13.4. The zero-order valence-electron chi connectivity index (χ0n) is 9.44. The monoisotopic (exact) mass is 230 g/mol. The highest BCUT2D eigenvalue weighted by Crippen LogP contribution is 2.19. The lowest BCUT2D eigenvalue weighted by Crippen LogP contribution is -2.51. The second kappa shape index (κ2) is 5.99. The van der Waals surface area contributed by atoms with E-state index in [9.17, 15) is 19.2 Å². The summed E-state index contributed by atoms with van der Waals surface area (Å²) in [6, 6.07) is 0. The predicted octanol–water partition coefficient (Wildman–Crippen LogP) is 0.0294. The molecule has 0 amide bonds. The maximum Gasteiger partial charge on any atom is 0.359 e. The third-order valence-electron chi connectivity index (χ3n) is 1.93. The smallest absolute Gasteiger partial charge is 0.359 e. The van der Waals surface area contributed by atoms with Crippen molar-refractivity contribution >= 4 is 24.0 Å². The van der Waals surface area contributed by atoms with Crippen molar-refractivity contribution in [3.05, 3.63) is 0 Å². The minimum absolute atomic E-state index is 0.0218. The summed E-state index contributed by atoms with van der Waals surface area (Å²) in [6.45, 7) is 4.05. The lowest BCUT2D eigenvalue weighted by molar-refractivity contribution is -0.185. The number of hydrogen-bond acceptors (Lipinski definition) is 6. The van der Waals surface area contributed by atoms with E-state index in [1.165, 1.54) is 13.8 Å². The third kappa shape index (κ3) is 2.88. The Kier molecular flexibility index (Phi) is 5.35. The Morgan fingerprint density at radius 3 is 2.12 bits per heavy atom. The van der Waals surface area contributed by atoms with Gasteiger partial charge in [-0.05, 0) is 6.92 Å². The maximum atomic E-state index is 11.6. The van der Waals surface area contributed by atoms with Gasteiger partial charge >= 0.3 is 11.9 Å². The first-order valence-electron chi connectivity index (χ1n) is 4.81. The fourth-order valence-corrected chi connectivity index (χ4v) is 1.17. The predicted molar refractivity (Wildman–Crippen MR) is 52.5 cm³/mol. The van der Waals surface area contributed by atoms with E-state index in [2.05, 4.69) is 9.47 Å². The molecule has 6 nitrogen and oxygen atoms in total. The molecule has 0 rings (SSSR count). The second-order valence-electron chi connectivity index (χ2n) is 2.98. The van der Waals surface area contributed by atoms with Crippen LogP contribution < -0.4 is 0 Å². The fourth-order valence-electron chi connectivity index (χ4n) is 1.17. The SMILES string of the molecule is CCOC(=O)C(CC)(OC(C)=O)C(=O)C=O. The molecule has 0 aromatic heterocycles. The first-order chi connectivity index (χ1) is 7.44. The molecule has 0 spiro atoms. The number of ether oxygens (including phenoxy) is 2. The minimum atomic E-state index is -2.14. The van der Waals surface area contributed by atoms with E-state index < -0.39 is 23.3 Å². The van der Waals surface area contributed by atoms with Gasteiger partial charge in [0, 0.05) is 13.3 Å². The maximum absolute atomic E-state index is 11.6. The summed E-state index contributed by atoms with van der Waals surface area (Å²) in [5.41, 5.74) is -2.14. The van der Waals surface area contributed by atoms with Gasteiger partial charge in [-0.15, -0.1) is 0 Å². The summed E-state index contributed by atoms with van der Waals surface area (Å²) >= 11 is 0. The van der Waals surface area contributed by atoms with E-state index in [1.54, 1.807) is 0 Å². The van der Waals surface area contributed by atoms with Gasteiger partial charge in [0.2, 0.25) is 5.78 Å². The molecule has 16 heavy (non-hydrogen) atoms. The Bertz CT molecular complexity index is 308. The average Bonchev–Trinajstić information content (AvgIpc) is 2.24. The van der Waals surface area contributed by atoms with Crippen molar-refractivity contribution in [3.8, 4) is 0 Å². The number of esters is 2. The van der Waals surface area contributed by atoms with Gasteiger partial charge in [-0.3, -0.25) is 14.4 Å². The van der Waals surface area contributed by atoms with Crippen molar-refractivity contribution < 1.29 is 28.7 Å². The van der Waals surface area contributed by atoms with Crippen molar-refractivity contribution in [2.45, 2.75) is 32.8 Å². The summed E-state index contributed by atoms with van der Waals surface area (Å²) < 4.78 is 9.29. The molecule has 0 radical (unpaired) electrons. The van der Waals surface area contributed by atoms with Crippen LogP contribution >= 0.6 is 0 Å². The summed E-state index contributed by atoms with van der Waals surface area (Å²) in [7, 11) is 0. The van der Waals surface area contributed by atoms with E-state index in [0.29, 0.717) is 0 Å². The Morgan fingerprint density at radius 1 is 1.25 bits per heavy atom. The van der Waals surface area contributed by atoms with Crippen molar-refractivity contribution in [2.75, 3.05) is 6.61 Å². The van der Waals surface area contributed by atoms with Crippen LogP contribution in [0, 0.1) is 0 Å². The number of aldehydes is 1. The third-order valence-corrected chi connectivity index (χ3v) is 1.93. The summed E-state index contributed by atoms with van der Waals surface area (Å²) in [5, 5.41) is 0. The van der Waals surface area contributed by atoms with Gasteiger partial charge in [0.15, 0.2) is 6.29 Å². The second-order valence-corrected chi connectivity index (χ2v) is 2.98. The molecule has 90 valence electrons. The molecule has 0 saturated carbocycles. The molecule has 6 heteroatoms. The van der Waals surface area contributed by atoms with Gasteiger partial charge in [-0.25, -0.2) is 4.79 Å². The van der Waals surface area contributed by atoms with Gasteiger partial charge in [-0.1, -0.05) is 6.92 Å². The zero-order chi connectivity index (χ0) is 12.8. The molecule has 0 aromatic carbocycles. The van der Waals surface area contributed by atoms with Gasteiger partial charge in [0.05, 0.1) is 6.61 Å². The average molecular weight is 230 g/mol. The van der Waals surface area contributed by atoms with Gasteiger partial charge in [-0.2, -0.15) is 0 Å². The Balaban J connectivity index is 5.26. The largest absolute Gasteiger partial charge is 0.463 e. The van der Waals surface area contributed by atoms with Crippen molar-refractivity contribution in [3.63, 3.8) is 0 Å². The fraction of sp³-hybridized carbons (Fsp3) is 0.600. The summed E-state index contributed by atoms with van der Waals surface area (Å²) in [6.07, 6.45) is -0.202. The van der Waals surface area contributed by atoms with Crippen LogP contribution in [0.2, 0.25) is 0 Å². The van der Waals surface area contributed by atoms with Crippen molar-refractivity contribution in [2.24, 2.45) is 0 Å². The van der Waals surface area contributed by atoms with Crippen LogP contribution in [0.5, 0.6) is 0 Å². The van der Waals surface area contributed by atoms with Crippen LogP contribution in [0.4, 0.5) is 0 Å². The molecule has 0 saturated heterocycles. The van der Waals surface area contributed by atoms with Crippen LogP contribution in [0.3, 0.4) is 0 Å². The van der Waals surface area contributed by atoms with Gasteiger partial charge in [0.1, 0.15) is 0 Å². The topological polar surface area (TPSA) is 86.7 Å². The molecule has 1 atom stereocenters. The molecule has 0 bridgehead atoms. The first-order valence-corrected chi connectivity index (χ1v) is 4.81. The number of ketones is 1. The highest BCUT2D eigenvalue weighted by atomic mass is 16.6. The lowest BCUT2D eigenvalue weighted by Gasteiger charge is -2.25. The quantitative estimate of drug-likeness (QED) is 0.277. The van der Waals surface area contributed by atoms with Crippen LogP contribution in [0.25, 0.3) is 0 Å². The number of rotatable bonds is 6. The van der Waals surface area contributed by atoms with Gasteiger partial charge < -0.3 is 9.47 Å². The molecular weight excluding hydrogens is 216 g/mol. The molecule has 0 aliphatic rings. The molecule has 0 N–H and O–H groups in total. The summed E-state index contributed by atoms with van der Waals surface area (Å²) in [4.78, 5) is 44.2. The molecule has 0 aliphatic heterocycles. The van der Waals surface area contributed by atoms with E-state index in [0.717, 1.165) is 6.92 Å². The Morgan fingerprint density at radius 2 is 1.81 bits per heavy atom. The van der Waals surface area contributed by atoms with Crippen LogP contribution in [-0.4, -0.2) is 36.2 Å². The lowest BCUT2D eigenvalue weighted by atomic mass is 9.95. The first kappa shape index (κ1) is 14.3. The van der Waals surface area contributed by atoms with Crippen LogP contribution in [-0.2, 0) is 28.7 Å². The highest BCUT2D eigenvalue weighted by Gasteiger charge is 2.49. The number of carbonyl (C=O) groups is 4. The van der Waals surface area contributed by atoms with Crippen molar-refractivity contribution in [1.82, 2.24) is 0 Å². The molecule has 0 aliphatic carbocycles. The minimum Gasteiger partial charge on any atom is -0.463 e. The molecule has 1 unspecified atom stereocenters. The van der Waals surface area contributed by atoms with E-state index in [1.807, 2.05) is 0 Å². The van der Waals surface area contributed by atoms with E-state index >= 15 is 0 Å². The van der Waals surface area contributed by atoms with Crippen molar-refractivity contribution in [1.29, 1.82) is 0 Å².